The summed E-state index contributed by atoms with van der Waals surface area (Å²) in [4.78, 5) is 1.54. The van der Waals surface area contributed by atoms with Gasteiger partial charge in [-0.2, -0.15) is 13.2 Å². The Morgan fingerprint density at radius 1 is 1.09 bits per heavy atom. The molecule has 9 heteroatoms. The highest BCUT2D eigenvalue weighted by atomic mass is 35.5. The monoisotopic (exact) mass is 366 g/mol. The summed E-state index contributed by atoms with van der Waals surface area (Å²) in [5, 5.41) is 3.02. The summed E-state index contributed by atoms with van der Waals surface area (Å²) in [5.41, 5.74) is -0.232. The third-order valence-corrected chi connectivity index (χ3v) is 3.36. The van der Waals surface area contributed by atoms with E-state index in [1.165, 1.54) is 12.1 Å². The maximum atomic E-state index is 13.8. The van der Waals surface area contributed by atoms with Gasteiger partial charge in [0.2, 0.25) is 0 Å². The lowest BCUT2D eigenvalue weighted by Gasteiger charge is -2.35. The van der Waals surface area contributed by atoms with Crippen LogP contribution in [0.4, 0.5) is 22.0 Å². The van der Waals surface area contributed by atoms with Crippen LogP contribution in [-0.2, 0) is 0 Å². The molecule has 0 radical (unpaired) electrons. The van der Waals surface area contributed by atoms with Gasteiger partial charge in [0.25, 0.3) is 0 Å². The summed E-state index contributed by atoms with van der Waals surface area (Å²) in [5.74, 6) is -2.31. The van der Waals surface area contributed by atoms with E-state index in [1.807, 2.05) is 0 Å². The Balaban J connectivity index is 0.00000220. The van der Waals surface area contributed by atoms with E-state index >= 15 is 0 Å². The first kappa shape index (κ1) is 21.4. The van der Waals surface area contributed by atoms with Crippen LogP contribution in [0.15, 0.2) is 18.2 Å². The Kier molecular flexibility index (Phi) is 8.61. The molecule has 0 spiro atoms. The maximum Gasteiger partial charge on any atom is 0.390 e. The molecule has 0 saturated carbocycles. The summed E-state index contributed by atoms with van der Waals surface area (Å²) in [7, 11) is 0. The van der Waals surface area contributed by atoms with Crippen molar-refractivity contribution in [2.24, 2.45) is 0 Å². The van der Waals surface area contributed by atoms with Gasteiger partial charge in [0.05, 0.1) is 6.42 Å². The van der Waals surface area contributed by atoms with E-state index < -0.39 is 30.3 Å². The molecule has 0 aromatic heterocycles. The zero-order chi connectivity index (χ0) is 14.8. The number of alkyl halides is 3. The normalized spacial score (nSPS) is 17.3. The van der Waals surface area contributed by atoms with Crippen LogP contribution in [0.2, 0.25) is 0 Å². The minimum Gasteiger partial charge on any atom is -0.314 e. The van der Waals surface area contributed by atoms with E-state index in [0.717, 1.165) is 6.07 Å². The fraction of sp³-hybridized carbons (Fsp3) is 0.538. The van der Waals surface area contributed by atoms with Crippen molar-refractivity contribution in [3.63, 3.8) is 0 Å². The predicted molar refractivity (Wildman–Crippen MR) is 78.7 cm³/mol. The van der Waals surface area contributed by atoms with Gasteiger partial charge in [-0.3, -0.25) is 4.90 Å². The molecule has 128 valence electrons. The number of hydrogen-bond donors (Lipinski definition) is 1. The molecule has 1 atom stereocenters. The van der Waals surface area contributed by atoms with Crippen LogP contribution < -0.4 is 5.32 Å². The third kappa shape index (κ3) is 5.53. The van der Waals surface area contributed by atoms with Crippen LogP contribution in [0.3, 0.4) is 0 Å². The minimum absolute atomic E-state index is 0. The summed E-state index contributed by atoms with van der Waals surface area (Å²) >= 11 is 0. The second kappa shape index (κ2) is 8.86. The van der Waals surface area contributed by atoms with Crippen molar-refractivity contribution in [1.29, 1.82) is 0 Å². The van der Waals surface area contributed by atoms with Crippen molar-refractivity contribution in [3.8, 4) is 0 Å². The first-order valence-corrected chi connectivity index (χ1v) is 6.34. The van der Waals surface area contributed by atoms with Crippen molar-refractivity contribution >= 4 is 24.8 Å². The Morgan fingerprint density at radius 2 is 1.68 bits per heavy atom. The van der Waals surface area contributed by atoms with Crippen LogP contribution in [0.25, 0.3) is 0 Å². The van der Waals surface area contributed by atoms with Gasteiger partial charge in [0, 0.05) is 37.8 Å². The summed E-state index contributed by atoms with van der Waals surface area (Å²) < 4.78 is 65.2. The third-order valence-electron chi connectivity index (χ3n) is 3.36. The lowest BCUT2D eigenvalue weighted by Crippen LogP contribution is -2.46. The molecular formula is C13H17Cl2F5N2. The van der Waals surface area contributed by atoms with Gasteiger partial charge < -0.3 is 5.32 Å². The molecule has 2 nitrogen and oxygen atoms in total. The summed E-state index contributed by atoms with van der Waals surface area (Å²) in [6.07, 6.45) is -5.62. The highest BCUT2D eigenvalue weighted by Crippen LogP contribution is 2.35. The molecule has 1 aromatic carbocycles. The van der Waals surface area contributed by atoms with Crippen LogP contribution >= 0.6 is 24.8 Å². The lowest BCUT2D eigenvalue weighted by molar-refractivity contribution is -0.149. The molecule has 1 fully saturated rings. The molecule has 1 heterocycles. The van der Waals surface area contributed by atoms with Crippen molar-refractivity contribution in [3.05, 3.63) is 35.4 Å². The van der Waals surface area contributed by atoms with E-state index in [-0.39, 0.29) is 30.4 Å². The Hall–Kier alpha value is -0.630. The zero-order valence-electron chi connectivity index (χ0n) is 11.5. The van der Waals surface area contributed by atoms with Gasteiger partial charge in [-0.05, 0) is 6.07 Å². The first-order chi connectivity index (χ1) is 9.38. The summed E-state index contributed by atoms with van der Waals surface area (Å²) in [6, 6.07) is 2.17. The summed E-state index contributed by atoms with van der Waals surface area (Å²) in [6.45, 7) is 1.81. The van der Waals surface area contributed by atoms with Gasteiger partial charge in [0.1, 0.15) is 0 Å². The Bertz CT molecular complexity index is 464. The highest BCUT2D eigenvalue weighted by Gasteiger charge is 2.37. The number of nitrogens with one attached hydrogen (secondary N) is 1. The standard InChI is InChI=1S/C13H15F5N2.2ClH/c14-10-3-1-2-9(12(10)15)11(8-13(16,17)18)20-6-4-19-5-7-20;;/h1-3,11,19H,4-8H2;2*1H/t11-;;/m1../s1. The molecule has 1 aliphatic rings. The number of benzene rings is 1. The second-order valence-corrected chi connectivity index (χ2v) is 4.76. The average molecular weight is 367 g/mol. The van der Waals surface area contributed by atoms with Crippen molar-refractivity contribution in [2.45, 2.75) is 18.6 Å². The van der Waals surface area contributed by atoms with Gasteiger partial charge >= 0.3 is 6.18 Å². The van der Waals surface area contributed by atoms with Crippen LogP contribution in [0.5, 0.6) is 0 Å². The van der Waals surface area contributed by atoms with Gasteiger partial charge in [-0.15, -0.1) is 24.8 Å². The lowest BCUT2D eigenvalue weighted by atomic mass is 10.00. The topological polar surface area (TPSA) is 15.3 Å². The van der Waals surface area contributed by atoms with Crippen molar-refractivity contribution in [1.82, 2.24) is 10.2 Å². The van der Waals surface area contributed by atoms with E-state index in [0.29, 0.717) is 26.2 Å². The zero-order valence-corrected chi connectivity index (χ0v) is 13.1. The molecule has 0 aliphatic carbocycles. The molecule has 22 heavy (non-hydrogen) atoms. The molecule has 0 amide bonds. The number of nitrogens with zero attached hydrogens (tertiary/aromatic N) is 1. The molecule has 2 rings (SSSR count). The second-order valence-electron chi connectivity index (χ2n) is 4.76. The van der Waals surface area contributed by atoms with E-state index in [2.05, 4.69) is 5.32 Å². The number of rotatable bonds is 3. The fourth-order valence-electron chi connectivity index (χ4n) is 2.43. The molecule has 1 N–H and O–H groups in total. The van der Waals surface area contributed by atoms with Gasteiger partial charge in [-0.25, -0.2) is 8.78 Å². The average Bonchev–Trinajstić information content (AvgIpc) is 2.40. The Labute approximate surface area is 137 Å². The SMILES string of the molecule is Cl.Cl.Fc1cccc([C@@H](CC(F)(F)F)N2CCNCC2)c1F. The van der Waals surface area contributed by atoms with Crippen LogP contribution in [-0.4, -0.2) is 37.3 Å². The van der Waals surface area contributed by atoms with Gasteiger partial charge in [-0.1, -0.05) is 12.1 Å². The highest BCUT2D eigenvalue weighted by molar-refractivity contribution is 5.85. The van der Waals surface area contributed by atoms with Crippen molar-refractivity contribution < 1.29 is 22.0 Å². The molecule has 1 aromatic rings. The van der Waals surface area contributed by atoms with Gasteiger partial charge in [0.15, 0.2) is 11.6 Å². The smallest absolute Gasteiger partial charge is 0.314 e. The predicted octanol–water partition coefficient (Wildman–Crippen LogP) is 3.71. The molecule has 1 aliphatic heterocycles. The quantitative estimate of drug-likeness (QED) is 0.820. The maximum absolute atomic E-state index is 13.8. The molecule has 0 unspecified atom stereocenters. The first-order valence-electron chi connectivity index (χ1n) is 6.34. The van der Waals surface area contributed by atoms with Crippen LogP contribution in [0.1, 0.15) is 18.0 Å². The molecular weight excluding hydrogens is 350 g/mol. The number of piperazine rings is 1. The van der Waals surface area contributed by atoms with E-state index in [9.17, 15) is 22.0 Å². The van der Waals surface area contributed by atoms with Crippen molar-refractivity contribution in [2.75, 3.05) is 26.2 Å². The number of halogens is 7. The van der Waals surface area contributed by atoms with E-state index in [4.69, 9.17) is 0 Å². The molecule has 1 saturated heterocycles. The molecule has 0 bridgehead atoms. The minimum atomic E-state index is -4.44. The largest absolute Gasteiger partial charge is 0.390 e. The fourth-order valence-corrected chi connectivity index (χ4v) is 2.43. The van der Waals surface area contributed by atoms with E-state index in [1.54, 1.807) is 4.90 Å². The Morgan fingerprint density at radius 3 is 2.23 bits per heavy atom. The number of hydrogen-bond acceptors (Lipinski definition) is 2. The van der Waals surface area contributed by atoms with Crippen LogP contribution in [0, 0.1) is 11.6 Å².